The summed E-state index contributed by atoms with van der Waals surface area (Å²) in [5.41, 5.74) is 2.56. The zero-order valence-electron chi connectivity index (χ0n) is 15.6. The number of oxazole rings is 1. The van der Waals surface area contributed by atoms with Crippen LogP contribution in [0.3, 0.4) is 0 Å². The molecule has 3 N–H and O–H groups in total. The number of aliphatic hydroxyl groups is 1. The van der Waals surface area contributed by atoms with E-state index in [1.807, 2.05) is 0 Å². The predicted molar refractivity (Wildman–Crippen MR) is 109 cm³/mol. The lowest BCUT2D eigenvalue weighted by Gasteiger charge is -2.11. The number of rotatable bonds is 7. The van der Waals surface area contributed by atoms with Gasteiger partial charge in [0.15, 0.2) is 17.9 Å². The van der Waals surface area contributed by atoms with E-state index in [9.17, 15) is 9.59 Å². The van der Waals surface area contributed by atoms with Gasteiger partial charge < -0.3 is 24.9 Å². The average molecular weight is 393 g/mol. The standard InChI is InChI=1S/C21H19N3O5/c1-28-19-9-7-16(10-18(19)20-11-22-13-29-20)24-21(27)23-15-5-2-14(3-6-15)4-8-17(26)12-25/h2-11,13,25H,12H2,1H3,(H2,23,24,27)/b8-4+. The summed E-state index contributed by atoms with van der Waals surface area (Å²) >= 11 is 0. The number of urea groups is 1. The van der Waals surface area contributed by atoms with E-state index in [0.29, 0.717) is 28.4 Å². The smallest absolute Gasteiger partial charge is 0.323 e. The Morgan fingerprint density at radius 2 is 1.86 bits per heavy atom. The number of ketones is 1. The van der Waals surface area contributed by atoms with Crippen LogP contribution in [0.1, 0.15) is 5.56 Å². The maximum atomic E-state index is 12.3. The molecule has 2 amide bonds. The Bertz CT molecular complexity index is 1010. The zero-order chi connectivity index (χ0) is 20.6. The van der Waals surface area contributed by atoms with Crippen LogP contribution in [0.2, 0.25) is 0 Å². The molecule has 0 fully saturated rings. The van der Waals surface area contributed by atoms with Gasteiger partial charge >= 0.3 is 6.03 Å². The molecule has 0 radical (unpaired) electrons. The molecule has 148 valence electrons. The third-order valence-electron chi connectivity index (χ3n) is 3.94. The third-order valence-corrected chi connectivity index (χ3v) is 3.94. The first-order valence-electron chi connectivity index (χ1n) is 8.66. The Kier molecular flexibility index (Phi) is 6.39. The number of benzene rings is 2. The SMILES string of the molecule is COc1ccc(NC(=O)Nc2ccc(/C=C/C(=O)CO)cc2)cc1-c1cnco1. The van der Waals surface area contributed by atoms with E-state index >= 15 is 0 Å². The summed E-state index contributed by atoms with van der Waals surface area (Å²) in [4.78, 5) is 27.3. The predicted octanol–water partition coefficient (Wildman–Crippen LogP) is 3.57. The molecule has 0 spiro atoms. The van der Waals surface area contributed by atoms with Gasteiger partial charge in [0.25, 0.3) is 0 Å². The van der Waals surface area contributed by atoms with Crippen molar-refractivity contribution in [3.8, 4) is 17.1 Å². The van der Waals surface area contributed by atoms with Crippen molar-refractivity contribution in [3.63, 3.8) is 0 Å². The van der Waals surface area contributed by atoms with Gasteiger partial charge in [0.2, 0.25) is 0 Å². The molecular weight excluding hydrogens is 374 g/mol. The highest BCUT2D eigenvalue weighted by atomic mass is 16.5. The van der Waals surface area contributed by atoms with Gasteiger partial charge in [-0.25, -0.2) is 9.78 Å². The van der Waals surface area contributed by atoms with Gasteiger partial charge in [-0.1, -0.05) is 18.2 Å². The summed E-state index contributed by atoms with van der Waals surface area (Å²) in [5, 5.41) is 14.2. The van der Waals surface area contributed by atoms with Crippen LogP contribution in [-0.2, 0) is 4.79 Å². The van der Waals surface area contributed by atoms with E-state index < -0.39 is 12.6 Å². The van der Waals surface area contributed by atoms with E-state index in [1.165, 1.54) is 12.5 Å². The number of amides is 2. The van der Waals surface area contributed by atoms with Gasteiger partial charge in [-0.3, -0.25) is 4.79 Å². The van der Waals surface area contributed by atoms with Crippen molar-refractivity contribution < 1.29 is 23.8 Å². The maximum absolute atomic E-state index is 12.3. The number of carbonyl (C=O) groups is 2. The minimum Gasteiger partial charge on any atom is -0.496 e. The molecule has 0 saturated carbocycles. The molecule has 0 aliphatic heterocycles. The molecule has 0 atom stereocenters. The van der Waals surface area contributed by atoms with Gasteiger partial charge in [0, 0.05) is 11.4 Å². The minimum absolute atomic E-state index is 0.379. The minimum atomic E-state index is -0.528. The Morgan fingerprint density at radius 3 is 2.52 bits per heavy atom. The lowest BCUT2D eigenvalue weighted by atomic mass is 10.1. The highest BCUT2D eigenvalue weighted by molar-refractivity contribution is 6.00. The number of carbonyl (C=O) groups excluding carboxylic acids is 2. The van der Waals surface area contributed by atoms with Crippen LogP contribution in [0.4, 0.5) is 16.2 Å². The molecule has 1 aromatic heterocycles. The fraction of sp³-hybridized carbons (Fsp3) is 0.0952. The van der Waals surface area contributed by atoms with Crippen molar-refractivity contribution in [2.75, 3.05) is 24.4 Å². The first kappa shape index (κ1) is 19.8. The van der Waals surface area contributed by atoms with Crippen LogP contribution < -0.4 is 15.4 Å². The van der Waals surface area contributed by atoms with Crippen molar-refractivity contribution >= 4 is 29.3 Å². The van der Waals surface area contributed by atoms with Crippen molar-refractivity contribution in [3.05, 3.63) is 66.7 Å². The van der Waals surface area contributed by atoms with Gasteiger partial charge in [-0.05, 0) is 42.0 Å². The van der Waals surface area contributed by atoms with E-state index in [0.717, 1.165) is 5.56 Å². The van der Waals surface area contributed by atoms with Crippen molar-refractivity contribution in [1.82, 2.24) is 4.98 Å². The molecule has 0 saturated heterocycles. The quantitative estimate of drug-likeness (QED) is 0.529. The van der Waals surface area contributed by atoms with Gasteiger partial charge in [0.1, 0.15) is 12.4 Å². The molecule has 0 aliphatic carbocycles. The number of aliphatic hydroxyl groups excluding tert-OH is 1. The number of ether oxygens (including phenoxy) is 1. The Hall–Kier alpha value is -3.91. The van der Waals surface area contributed by atoms with Crippen molar-refractivity contribution in [2.24, 2.45) is 0 Å². The van der Waals surface area contributed by atoms with E-state index in [-0.39, 0.29) is 5.78 Å². The van der Waals surface area contributed by atoms with Gasteiger partial charge in [-0.15, -0.1) is 0 Å². The molecule has 0 bridgehead atoms. The topological polar surface area (TPSA) is 114 Å². The third kappa shape index (κ3) is 5.30. The molecule has 8 nitrogen and oxygen atoms in total. The fourth-order valence-electron chi connectivity index (χ4n) is 2.54. The van der Waals surface area contributed by atoms with Crippen LogP contribution in [0, 0.1) is 0 Å². The molecule has 0 unspecified atom stereocenters. The molecule has 2 aromatic carbocycles. The summed E-state index contributed by atoms with van der Waals surface area (Å²) in [5.74, 6) is 0.737. The highest BCUT2D eigenvalue weighted by Crippen LogP contribution is 2.32. The summed E-state index contributed by atoms with van der Waals surface area (Å²) in [7, 11) is 1.55. The van der Waals surface area contributed by atoms with E-state index in [4.69, 9.17) is 14.3 Å². The fourth-order valence-corrected chi connectivity index (χ4v) is 2.54. The number of anilines is 2. The summed E-state index contributed by atoms with van der Waals surface area (Å²) in [6, 6.07) is 11.6. The molecule has 0 aliphatic rings. The lowest BCUT2D eigenvalue weighted by Crippen LogP contribution is -2.19. The second kappa shape index (κ2) is 9.34. The second-order valence-electron chi connectivity index (χ2n) is 5.94. The van der Waals surface area contributed by atoms with Crippen LogP contribution in [0.15, 0.2) is 65.5 Å². The molecule has 8 heteroatoms. The Labute approximate surface area is 166 Å². The molecule has 3 aromatic rings. The maximum Gasteiger partial charge on any atom is 0.323 e. The van der Waals surface area contributed by atoms with Crippen LogP contribution in [-0.4, -0.2) is 35.6 Å². The average Bonchev–Trinajstić information content (AvgIpc) is 3.27. The normalized spacial score (nSPS) is 10.7. The number of hydrogen-bond donors (Lipinski definition) is 3. The van der Waals surface area contributed by atoms with Gasteiger partial charge in [0.05, 0.1) is 18.9 Å². The first-order chi connectivity index (χ1) is 14.1. The second-order valence-corrected chi connectivity index (χ2v) is 5.94. The monoisotopic (exact) mass is 393 g/mol. The van der Waals surface area contributed by atoms with Crippen LogP contribution >= 0.6 is 0 Å². The number of aromatic nitrogens is 1. The van der Waals surface area contributed by atoms with Gasteiger partial charge in [-0.2, -0.15) is 0 Å². The highest BCUT2D eigenvalue weighted by Gasteiger charge is 2.11. The van der Waals surface area contributed by atoms with Crippen LogP contribution in [0.5, 0.6) is 5.75 Å². The molecule has 29 heavy (non-hydrogen) atoms. The number of methoxy groups -OCH3 is 1. The largest absolute Gasteiger partial charge is 0.496 e. The Morgan fingerprint density at radius 1 is 1.14 bits per heavy atom. The summed E-state index contributed by atoms with van der Waals surface area (Å²) in [6.45, 7) is -0.528. The zero-order valence-corrected chi connectivity index (χ0v) is 15.6. The first-order valence-corrected chi connectivity index (χ1v) is 8.66. The van der Waals surface area contributed by atoms with E-state index in [1.54, 1.807) is 61.8 Å². The van der Waals surface area contributed by atoms with Crippen molar-refractivity contribution in [1.29, 1.82) is 0 Å². The number of nitrogens with one attached hydrogen (secondary N) is 2. The van der Waals surface area contributed by atoms with E-state index in [2.05, 4.69) is 15.6 Å². The molecule has 3 rings (SSSR count). The molecule has 1 heterocycles. The van der Waals surface area contributed by atoms with Crippen molar-refractivity contribution in [2.45, 2.75) is 0 Å². The summed E-state index contributed by atoms with van der Waals surface area (Å²) in [6.07, 6.45) is 5.77. The van der Waals surface area contributed by atoms with Crippen LogP contribution in [0.25, 0.3) is 17.4 Å². The number of hydrogen-bond acceptors (Lipinski definition) is 6. The molecular formula is C21H19N3O5. The Balaban J connectivity index is 1.66. The summed E-state index contributed by atoms with van der Waals surface area (Å²) < 4.78 is 10.6. The lowest BCUT2D eigenvalue weighted by molar-refractivity contribution is -0.117. The number of nitrogens with zero attached hydrogens (tertiary/aromatic N) is 1.